The first-order valence-corrected chi connectivity index (χ1v) is 9.54. The average Bonchev–Trinajstić information content (AvgIpc) is 2.65. The van der Waals surface area contributed by atoms with E-state index in [2.05, 4.69) is 24.1 Å². The second kappa shape index (κ2) is 9.88. The minimum Gasteiger partial charge on any atom is -0.379 e. The number of anilines is 1. The van der Waals surface area contributed by atoms with Crippen LogP contribution in [0.25, 0.3) is 0 Å². The van der Waals surface area contributed by atoms with Gasteiger partial charge < -0.3 is 15.0 Å². The van der Waals surface area contributed by atoms with E-state index in [0.717, 1.165) is 39.1 Å². The molecule has 1 aromatic rings. The third kappa shape index (κ3) is 5.17. The quantitative estimate of drug-likeness (QED) is 0.769. The van der Waals surface area contributed by atoms with Gasteiger partial charge in [-0.15, -0.1) is 0 Å². The fraction of sp³-hybridized carbons (Fsp3) is 0.650. The number of morpholine rings is 1. The summed E-state index contributed by atoms with van der Waals surface area (Å²) in [5, 5.41) is 3.02. The van der Waals surface area contributed by atoms with Gasteiger partial charge in [-0.3, -0.25) is 9.69 Å². The van der Waals surface area contributed by atoms with Crippen LogP contribution in [0.1, 0.15) is 37.0 Å². The lowest BCUT2D eigenvalue weighted by atomic mass is 9.92. The van der Waals surface area contributed by atoms with Crippen LogP contribution in [0.3, 0.4) is 0 Å². The van der Waals surface area contributed by atoms with Crippen LogP contribution in [-0.4, -0.2) is 63.8 Å². The second-order valence-corrected chi connectivity index (χ2v) is 7.06. The van der Waals surface area contributed by atoms with Crippen LogP contribution in [0.15, 0.2) is 18.2 Å². The van der Waals surface area contributed by atoms with Crippen molar-refractivity contribution in [1.29, 1.82) is 0 Å². The smallest absolute Gasteiger partial charge is 0.251 e. The van der Waals surface area contributed by atoms with Gasteiger partial charge in [0.1, 0.15) is 5.82 Å². The van der Waals surface area contributed by atoms with Gasteiger partial charge >= 0.3 is 0 Å². The van der Waals surface area contributed by atoms with E-state index < -0.39 is 0 Å². The lowest BCUT2D eigenvalue weighted by molar-refractivity contribution is 0.00191. The fourth-order valence-electron chi connectivity index (χ4n) is 3.65. The summed E-state index contributed by atoms with van der Waals surface area (Å²) in [6.45, 7) is 8.22. The highest BCUT2D eigenvalue weighted by Crippen LogP contribution is 2.21. The van der Waals surface area contributed by atoms with Gasteiger partial charge in [0.05, 0.1) is 18.9 Å². The Morgan fingerprint density at radius 3 is 2.46 bits per heavy atom. The SMILES string of the molecule is CCC(CC)C(CNC(=O)c1ccc(N(C)C)c(F)c1)N1CCOCC1. The van der Waals surface area contributed by atoms with Gasteiger partial charge in [0.15, 0.2) is 0 Å². The zero-order chi connectivity index (χ0) is 19.1. The maximum absolute atomic E-state index is 14.1. The van der Waals surface area contributed by atoms with E-state index in [4.69, 9.17) is 4.74 Å². The predicted molar refractivity (Wildman–Crippen MR) is 103 cm³/mol. The molecule has 1 aromatic carbocycles. The van der Waals surface area contributed by atoms with Crippen LogP contribution in [0.5, 0.6) is 0 Å². The molecule has 0 aliphatic carbocycles. The Labute approximate surface area is 156 Å². The van der Waals surface area contributed by atoms with Gasteiger partial charge in [-0.05, 0) is 24.1 Å². The highest BCUT2D eigenvalue weighted by Gasteiger charge is 2.27. The maximum atomic E-state index is 14.1. The summed E-state index contributed by atoms with van der Waals surface area (Å²) in [6.07, 6.45) is 2.14. The Morgan fingerprint density at radius 1 is 1.27 bits per heavy atom. The van der Waals surface area contributed by atoms with Gasteiger partial charge in [-0.2, -0.15) is 0 Å². The second-order valence-electron chi connectivity index (χ2n) is 7.06. The molecule has 1 fully saturated rings. The molecule has 1 amide bonds. The topological polar surface area (TPSA) is 44.8 Å². The molecule has 6 heteroatoms. The van der Waals surface area contributed by atoms with Crippen molar-refractivity contribution in [2.45, 2.75) is 32.7 Å². The van der Waals surface area contributed by atoms with Crippen LogP contribution in [-0.2, 0) is 4.74 Å². The number of amides is 1. The number of carbonyl (C=O) groups excluding carboxylic acids is 1. The first-order valence-electron chi connectivity index (χ1n) is 9.54. The Hall–Kier alpha value is -1.66. The standard InChI is InChI=1S/C20H32FN3O2/c1-5-15(6-2)19(24-9-11-26-12-10-24)14-22-20(25)16-7-8-18(23(3)4)17(21)13-16/h7-8,13,15,19H,5-6,9-12,14H2,1-4H3,(H,22,25). The molecule has 0 spiro atoms. The molecule has 1 heterocycles. The van der Waals surface area contributed by atoms with E-state index in [-0.39, 0.29) is 17.8 Å². The minimum atomic E-state index is -0.382. The molecular formula is C20H32FN3O2. The highest BCUT2D eigenvalue weighted by atomic mass is 19.1. The molecule has 2 rings (SSSR count). The lowest BCUT2D eigenvalue weighted by Crippen LogP contribution is -2.52. The van der Waals surface area contributed by atoms with E-state index in [1.807, 2.05) is 0 Å². The Kier molecular flexibility index (Phi) is 7.85. The van der Waals surface area contributed by atoms with Gasteiger partial charge in [-0.1, -0.05) is 26.7 Å². The van der Waals surface area contributed by atoms with Crippen molar-refractivity contribution in [3.63, 3.8) is 0 Å². The molecule has 0 aromatic heterocycles. The number of halogens is 1. The molecule has 1 aliphatic rings. The maximum Gasteiger partial charge on any atom is 0.251 e. The van der Waals surface area contributed by atoms with Crippen molar-refractivity contribution in [1.82, 2.24) is 10.2 Å². The molecule has 0 radical (unpaired) electrons. The minimum absolute atomic E-state index is 0.224. The molecule has 0 saturated carbocycles. The summed E-state index contributed by atoms with van der Waals surface area (Å²) in [7, 11) is 3.56. The van der Waals surface area contributed by atoms with Crippen molar-refractivity contribution in [3.8, 4) is 0 Å². The normalized spacial score (nSPS) is 16.5. The lowest BCUT2D eigenvalue weighted by Gasteiger charge is -2.38. The Morgan fingerprint density at radius 2 is 1.92 bits per heavy atom. The molecule has 1 N–H and O–H groups in total. The number of nitrogens with zero attached hydrogens (tertiary/aromatic N) is 2. The molecule has 26 heavy (non-hydrogen) atoms. The Bertz CT molecular complexity index is 584. The molecule has 1 saturated heterocycles. The van der Waals surface area contributed by atoms with Gasteiger partial charge in [0.2, 0.25) is 0 Å². The molecular weight excluding hydrogens is 333 g/mol. The predicted octanol–water partition coefficient (Wildman–Crippen LogP) is 2.76. The first-order chi connectivity index (χ1) is 12.5. The van der Waals surface area contributed by atoms with Gasteiger partial charge in [-0.25, -0.2) is 4.39 Å². The van der Waals surface area contributed by atoms with E-state index >= 15 is 0 Å². The largest absolute Gasteiger partial charge is 0.379 e. The number of benzene rings is 1. The van der Waals surface area contributed by atoms with Crippen molar-refractivity contribution >= 4 is 11.6 Å². The number of nitrogens with one attached hydrogen (secondary N) is 1. The van der Waals surface area contributed by atoms with E-state index in [9.17, 15) is 9.18 Å². The highest BCUT2D eigenvalue weighted by molar-refractivity contribution is 5.94. The summed E-state index contributed by atoms with van der Waals surface area (Å²) in [6, 6.07) is 4.91. The van der Waals surface area contributed by atoms with Crippen molar-refractivity contribution in [2.24, 2.45) is 5.92 Å². The fourth-order valence-corrected chi connectivity index (χ4v) is 3.65. The van der Waals surface area contributed by atoms with E-state index in [1.165, 1.54) is 6.07 Å². The van der Waals surface area contributed by atoms with Crippen LogP contribution in [0.4, 0.5) is 10.1 Å². The summed E-state index contributed by atoms with van der Waals surface area (Å²) in [5.41, 5.74) is 0.836. The number of rotatable bonds is 8. The molecule has 5 nitrogen and oxygen atoms in total. The number of ether oxygens (including phenoxy) is 1. The van der Waals surface area contributed by atoms with Crippen LogP contribution in [0.2, 0.25) is 0 Å². The van der Waals surface area contributed by atoms with Crippen LogP contribution in [0, 0.1) is 11.7 Å². The molecule has 1 unspecified atom stereocenters. The van der Waals surface area contributed by atoms with Crippen LogP contribution >= 0.6 is 0 Å². The summed E-state index contributed by atoms with van der Waals surface area (Å²) in [5.74, 6) is -0.0907. The van der Waals surface area contributed by atoms with Crippen LogP contribution < -0.4 is 10.2 Å². The molecule has 146 valence electrons. The zero-order valence-electron chi connectivity index (χ0n) is 16.4. The third-order valence-corrected chi connectivity index (χ3v) is 5.27. The Balaban J connectivity index is 2.04. The first kappa shape index (κ1) is 20.6. The molecule has 1 atom stereocenters. The molecule has 1 aliphatic heterocycles. The van der Waals surface area contributed by atoms with Gasteiger partial charge in [0.25, 0.3) is 5.91 Å². The summed E-state index contributed by atoms with van der Waals surface area (Å²) < 4.78 is 19.6. The third-order valence-electron chi connectivity index (χ3n) is 5.27. The van der Waals surface area contributed by atoms with Crippen molar-refractivity contribution in [2.75, 3.05) is 51.8 Å². The average molecular weight is 365 g/mol. The number of hydrogen-bond acceptors (Lipinski definition) is 4. The summed E-state index contributed by atoms with van der Waals surface area (Å²) in [4.78, 5) is 16.6. The number of carbonyl (C=O) groups is 1. The van der Waals surface area contributed by atoms with E-state index in [0.29, 0.717) is 23.7 Å². The van der Waals surface area contributed by atoms with Crippen molar-refractivity contribution in [3.05, 3.63) is 29.6 Å². The zero-order valence-corrected chi connectivity index (χ0v) is 16.4. The summed E-state index contributed by atoms with van der Waals surface area (Å²) >= 11 is 0. The van der Waals surface area contributed by atoms with Gasteiger partial charge in [0, 0.05) is 45.3 Å². The van der Waals surface area contributed by atoms with Crippen molar-refractivity contribution < 1.29 is 13.9 Å². The van der Waals surface area contributed by atoms with E-state index in [1.54, 1.807) is 31.1 Å². The number of hydrogen-bond donors (Lipinski definition) is 1. The monoisotopic (exact) mass is 365 g/mol. The molecule has 0 bridgehead atoms.